The van der Waals surface area contributed by atoms with E-state index in [1.165, 1.54) is 19.2 Å². The van der Waals surface area contributed by atoms with Crippen LogP contribution in [0, 0.1) is 17.1 Å². The number of hydrogen-bond acceptors (Lipinski definition) is 5. The van der Waals surface area contributed by atoms with Gasteiger partial charge in [0.1, 0.15) is 23.4 Å². The topological polar surface area (TPSA) is 65.8 Å². The summed E-state index contributed by atoms with van der Waals surface area (Å²) in [5.41, 5.74) is 1.23. The van der Waals surface area contributed by atoms with Gasteiger partial charge < -0.3 is 14.4 Å². The van der Waals surface area contributed by atoms with Crippen molar-refractivity contribution < 1.29 is 18.7 Å². The molecule has 2 aromatic carbocycles. The normalized spacial score (nSPS) is 15.6. The Morgan fingerprint density at radius 2 is 1.75 bits per heavy atom. The predicted octanol–water partition coefficient (Wildman–Crippen LogP) is 2.87. The zero-order valence-corrected chi connectivity index (χ0v) is 15.9. The molecule has 0 aromatic heterocycles. The van der Waals surface area contributed by atoms with E-state index in [4.69, 9.17) is 9.47 Å². The van der Waals surface area contributed by atoms with E-state index < -0.39 is 6.04 Å². The minimum atomic E-state index is -0.464. The van der Waals surface area contributed by atoms with E-state index in [1.54, 1.807) is 42.3 Å². The smallest absolute Gasteiger partial charge is 0.257 e. The van der Waals surface area contributed by atoms with Gasteiger partial charge in [-0.05, 0) is 29.8 Å². The Balaban J connectivity index is 1.68. The molecule has 1 atom stereocenters. The van der Waals surface area contributed by atoms with Crippen LogP contribution in [0.2, 0.25) is 0 Å². The van der Waals surface area contributed by atoms with E-state index >= 15 is 0 Å². The van der Waals surface area contributed by atoms with Gasteiger partial charge >= 0.3 is 0 Å². The lowest BCUT2D eigenvalue weighted by Gasteiger charge is -2.37. The molecule has 0 spiro atoms. The summed E-state index contributed by atoms with van der Waals surface area (Å²) in [6, 6.07) is 12.9. The van der Waals surface area contributed by atoms with Crippen LogP contribution in [-0.2, 0) is 0 Å². The van der Waals surface area contributed by atoms with Crippen LogP contribution in [0.1, 0.15) is 22.0 Å². The molecule has 1 heterocycles. The molecule has 0 aliphatic carbocycles. The van der Waals surface area contributed by atoms with Gasteiger partial charge in [0.15, 0.2) is 0 Å². The zero-order valence-electron chi connectivity index (χ0n) is 15.9. The number of rotatable bonds is 5. The molecule has 6 nitrogen and oxygen atoms in total. The third kappa shape index (κ3) is 4.07. The quantitative estimate of drug-likeness (QED) is 0.794. The van der Waals surface area contributed by atoms with Gasteiger partial charge in [-0.15, -0.1) is 0 Å². The first kappa shape index (κ1) is 19.6. The highest BCUT2D eigenvalue weighted by Crippen LogP contribution is 2.27. The number of piperazine rings is 1. The number of hydrogen-bond donors (Lipinski definition) is 0. The van der Waals surface area contributed by atoms with E-state index in [0.717, 1.165) is 5.56 Å². The first-order chi connectivity index (χ1) is 13.6. The molecule has 0 N–H and O–H groups in total. The van der Waals surface area contributed by atoms with Crippen molar-refractivity contribution in [2.45, 2.75) is 6.04 Å². The van der Waals surface area contributed by atoms with Crippen LogP contribution in [0.4, 0.5) is 4.39 Å². The third-order valence-corrected chi connectivity index (χ3v) is 4.91. The molecule has 2 aromatic rings. The second-order valence-corrected chi connectivity index (χ2v) is 6.48. The van der Waals surface area contributed by atoms with Crippen LogP contribution in [0.5, 0.6) is 11.5 Å². The number of nitriles is 1. The predicted molar refractivity (Wildman–Crippen MR) is 102 cm³/mol. The molecule has 1 amide bonds. The summed E-state index contributed by atoms with van der Waals surface area (Å²) in [7, 11) is 3.08. The zero-order chi connectivity index (χ0) is 20.1. The number of ether oxygens (including phenoxy) is 2. The molecule has 0 bridgehead atoms. The number of carbonyl (C=O) groups excluding carboxylic acids is 1. The van der Waals surface area contributed by atoms with Gasteiger partial charge in [-0.25, -0.2) is 4.39 Å². The summed E-state index contributed by atoms with van der Waals surface area (Å²) in [5, 5.41) is 9.58. The second kappa shape index (κ2) is 8.72. The Bertz CT molecular complexity index is 871. The number of amides is 1. The maximum atomic E-state index is 13.1. The summed E-state index contributed by atoms with van der Waals surface area (Å²) < 4.78 is 23.7. The van der Waals surface area contributed by atoms with Crippen molar-refractivity contribution in [2.75, 3.05) is 40.4 Å². The highest BCUT2D eigenvalue weighted by atomic mass is 19.1. The number of methoxy groups -OCH3 is 2. The first-order valence-corrected chi connectivity index (χ1v) is 8.97. The fourth-order valence-corrected chi connectivity index (χ4v) is 3.34. The van der Waals surface area contributed by atoms with E-state index in [2.05, 4.69) is 6.07 Å². The van der Waals surface area contributed by atoms with Crippen molar-refractivity contribution >= 4 is 5.91 Å². The lowest BCUT2D eigenvalue weighted by molar-refractivity contribution is 0.0603. The fourth-order valence-electron chi connectivity index (χ4n) is 3.34. The Morgan fingerprint density at radius 3 is 2.32 bits per heavy atom. The Labute approximate surface area is 163 Å². The molecule has 0 saturated carbocycles. The van der Waals surface area contributed by atoms with Crippen LogP contribution in [0.25, 0.3) is 0 Å². The summed E-state index contributed by atoms with van der Waals surface area (Å²) in [6.07, 6.45) is 0. The molecule has 0 unspecified atom stereocenters. The molecule has 1 saturated heterocycles. The molecular formula is C21H22FN3O3. The summed E-state index contributed by atoms with van der Waals surface area (Å²) >= 11 is 0. The molecule has 1 aliphatic rings. The van der Waals surface area contributed by atoms with Gasteiger partial charge in [0, 0.05) is 32.2 Å². The lowest BCUT2D eigenvalue weighted by atomic mass is 10.1. The first-order valence-electron chi connectivity index (χ1n) is 8.97. The van der Waals surface area contributed by atoms with E-state index in [1.807, 2.05) is 4.90 Å². The third-order valence-electron chi connectivity index (χ3n) is 4.91. The number of nitrogens with zero attached hydrogens (tertiary/aromatic N) is 3. The molecule has 3 rings (SSSR count). The molecule has 146 valence electrons. The summed E-state index contributed by atoms with van der Waals surface area (Å²) in [4.78, 5) is 16.7. The highest BCUT2D eigenvalue weighted by molar-refractivity contribution is 5.97. The van der Waals surface area contributed by atoms with Crippen LogP contribution in [-0.4, -0.2) is 56.1 Å². The Kier molecular flexibility index (Phi) is 6.12. The summed E-state index contributed by atoms with van der Waals surface area (Å²) in [5.74, 6) is 0.640. The van der Waals surface area contributed by atoms with E-state index in [9.17, 15) is 14.4 Å². The van der Waals surface area contributed by atoms with Gasteiger partial charge in [-0.1, -0.05) is 12.1 Å². The van der Waals surface area contributed by atoms with Crippen molar-refractivity contribution in [2.24, 2.45) is 0 Å². The fraction of sp³-hybridized carbons (Fsp3) is 0.333. The Morgan fingerprint density at radius 1 is 1.07 bits per heavy atom. The van der Waals surface area contributed by atoms with Crippen LogP contribution >= 0.6 is 0 Å². The monoisotopic (exact) mass is 383 g/mol. The maximum absolute atomic E-state index is 13.1. The van der Waals surface area contributed by atoms with Crippen molar-refractivity contribution in [1.29, 1.82) is 5.26 Å². The van der Waals surface area contributed by atoms with E-state index in [0.29, 0.717) is 43.2 Å². The minimum absolute atomic E-state index is 0.116. The molecule has 7 heteroatoms. The Hall–Kier alpha value is -3.11. The number of benzene rings is 2. The standard InChI is InChI=1S/C21H22FN3O3/c1-27-17-7-8-18(20(13-17)28-2)21(26)25-11-9-24(10-12-25)19(14-23)15-3-5-16(22)6-4-15/h3-8,13,19H,9-12H2,1-2H3/t19-/m1/s1. The largest absolute Gasteiger partial charge is 0.497 e. The molecule has 28 heavy (non-hydrogen) atoms. The van der Waals surface area contributed by atoms with Crippen molar-refractivity contribution in [1.82, 2.24) is 9.80 Å². The average Bonchev–Trinajstić information content (AvgIpc) is 2.75. The van der Waals surface area contributed by atoms with Gasteiger partial charge in [-0.2, -0.15) is 5.26 Å². The lowest BCUT2D eigenvalue weighted by Crippen LogP contribution is -2.49. The molecular weight excluding hydrogens is 361 g/mol. The van der Waals surface area contributed by atoms with E-state index in [-0.39, 0.29) is 11.7 Å². The van der Waals surface area contributed by atoms with Gasteiger partial charge in [0.2, 0.25) is 0 Å². The van der Waals surface area contributed by atoms with Crippen molar-refractivity contribution in [3.63, 3.8) is 0 Å². The van der Waals surface area contributed by atoms with Crippen LogP contribution in [0.3, 0.4) is 0 Å². The van der Waals surface area contributed by atoms with Gasteiger partial charge in [0.25, 0.3) is 5.91 Å². The number of carbonyl (C=O) groups is 1. The highest BCUT2D eigenvalue weighted by Gasteiger charge is 2.28. The molecule has 1 aliphatic heterocycles. The van der Waals surface area contributed by atoms with Gasteiger partial charge in [-0.3, -0.25) is 9.69 Å². The van der Waals surface area contributed by atoms with Crippen LogP contribution in [0.15, 0.2) is 42.5 Å². The van der Waals surface area contributed by atoms with Crippen molar-refractivity contribution in [3.8, 4) is 17.6 Å². The van der Waals surface area contributed by atoms with Gasteiger partial charge in [0.05, 0.1) is 25.9 Å². The average molecular weight is 383 g/mol. The SMILES string of the molecule is COc1ccc(C(=O)N2CCN([C@H](C#N)c3ccc(F)cc3)CC2)c(OC)c1. The van der Waals surface area contributed by atoms with Crippen molar-refractivity contribution in [3.05, 3.63) is 59.4 Å². The molecule has 1 fully saturated rings. The van der Waals surface area contributed by atoms with Crippen LogP contribution < -0.4 is 9.47 Å². The maximum Gasteiger partial charge on any atom is 0.257 e. The molecule has 0 radical (unpaired) electrons. The minimum Gasteiger partial charge on any atom is -0.497 e. The number of halogens is 1. The summed E-state index contributed by atoms with van der Waals surface area (Å²) in [6.45, 7) is 2.10. The second-order valence-electron chi connectivity index (χ2n) is 6.48.